The summed E-state index contributed by atoms with van der Waals surface area (Å²) in [6.45, 7) is 0. The largest absolute Gasteiger partial charge is 0.398 e. The topological polar surface area (TPSA) is 52.0 Å². The predicted molar refractivity (Wildman–Crippen MR) is 115 cm³/mol. The first-order chi connectivity index (χ1) is 13.2. The van der Waals surface area contributed by atoms with E-state index < -0.39 is 0 Å². The van der Waals surface area contributed by atoms with E-state index in [9.17, 15) is 0 Å². The molecule has 2 aromatic carbocycles. The van der Waals surface area contributed by atoms with Crippen molar-refractivity contribution in [2.24, 2.45) is 11.7 Å². The Morgan fingerprint density at radius 2 is 1.78 bits per heavy atom. The summed E-state index contributed by atoms with van der Waals surface area (Å²) in [4.78, 5) is 0. The molecule has 0 aromatic heterocycles. The van der Waals surface area contributed by atoms with Crippen LogP contribution in [0.15, 0.2) is 78.4 Å². The van der Waals surface area contributed by atoms with E-state index in [1.54, 1.807) is 5.57 Å². The van der Waals surface area contributed by atoms with Gasteiger partial charge in [0.15, 0.2) is 0 Å². The molecule has 2 aliphatic rings. The lowest BCUT2D eigenvalue weighted by atomic mass is 9.80. The van der Waals surface area contributed by atoms with Gasteiger partial charge in [0, 0.05) is 5.69 Å². The zero-order valence-corrected chi connectivity index (χ0v) is 15.8. The van der Waals surface area contributed by atoms with Crippen LogP contribution < -0.4 is 11.5 Å². The molecule has 0 amide bonds. The Labute approximate surface area is 162 Å². The molecule has 0 spiro atoms. The van der Waals surface area contributed by atoms with Crippen molar-refractivity contribution in [1.82, 2.24) is 0 Å². The highest BCUT2D eigenvalue weighted by atomic mass is 14.7. The normalized spacial score (nSPS) is 20.7. The maximum Gasteiger partial charge on any atom is 0.0572 e. The highest BCUT2D eigenvalue weighted by Crippen LogP contribution is 2.36. The van der Waals surface area contributed by atoms with E-state index in [0.29, 0.717) is 0 Å². The molecule has 2 aromatic rings. The van der Waals surface area contributed by atoms with Gasteiger partial charge in [0.25, 0.3) is 0 Å². The van der Waals surface area contributed by atoms with E-state index in [4.69, 9.17) is 11.5 Å². The summed E-state index contributed by atoms with van der Waals surface area (Å²) in [5.74, 6) is 0.729. The smallest absolute Gasteiger partial charge is 0.0572 e. The van der Waals surface area contributed by atoms with Crippen molar-refractivity contribution >= 4 is 11.3 Å². The number of allylic oxidation sites excluding steroid dienone is 6. The molecular weight excluding hydrogens is 328 g/mol. The van der Waals surface area contributed by atoms with E-state index in [1.165, 1.54) is 30.4 Å². The molecule has 0 fully saturated rings. The maximum atomic E-state index is 6.44. The predicted octanol–water partition coefficient (Wildman–Crippen LogP) is 5.78. The van der Waals surface area contributed by atoms with Gasteiger partial charge in [-0.05, 0) is 66.4 Å². The van der Waals surface area contributed by atoms with Crippen LogP contribution in [0.4, 0.5) is 5.69 Å². The molecule has 2 heteroatoms. The summed E-state index contributed by atoms with van der Waals surface area (Å²) in [6.07, 6.45) is 15.3. The molecule has 0 bridgehead atoms. The number of benzene rings is 2. The van der Waals surface area contributed by atoms with E-state index in [0.717, 1.165) is 35.6 Å². The van der Waals surface area contributed by atoms with Crippen LogP contribution >= 0.6 is 0 Å². The van der Waals surface area contributed by atoms with Gasteiger partial charge in [-0.2, -0.15) is 0 Å². The van der Waals surface area contributed by atoms with Gasteiger partial charge in [0.2, 0.25) is 0 Å². The van der Waals surface area contributed by atoms with E-state index >= 15 is 0 Å². The average Bonchev–Trinajstić information content (AvgIpc) is 2.74. The van der Waals surface area contributed by atoms with Gasteiger partial charge >= 0.3 is 0 Å². The van der Waals surface area contributed by atoms with Crippen molar-refractivity contribution in [2.45, 2.75) is 38.1 Å². The Balaban J connectivity index is 1.46. The molecular formula is C25H28N2. The number of hydrogen-bond donors (Lipinski definition) is 2. The van der Waals surface area contributed by atoms with Crippen LogP contribution in [0.1, 0.15) is 54.8 Å². The fourth-order valence-corrected chi connectivity index (χ4v) is 4.27. The van der Waals surface area contributed by atoms with Crippen molar-refractivity contribution in [1.29, 1.82) is 0 Å². The van der Waals surface area contributed by atoms with Crippen LogP contribution in [0, 0.1) is 5.92 Å². The van der Waals surface area contributed by atoms with Gasteiger partial charge in [-0.25, -0.2) is 0 Å². The number of nitrogens with two attached hydrogens (primary N) is 2. The maximum absolute atomic E-state index is 6.44. The molecule has 138 valence electrons. The first-order valence-electron chi connectivity index (χ1n) is 9.97. The second-order valence-corrected chi connectivity index (χ2v) is 7.64. The van der Waals surface area contributed by atoms with Crippen molar-refractivity contribution < 1.29 is 0 Å². The molecule has 4 rings (SSSR count). The third-order valence-corrected chi connectivity index (χ3v) is 5.95. The molecule has 2 aliphatic carbocycles. The van der Waals surface area contributed by atoms with Crippen LogP contribution in [-0.2, 0) is 0 Å². The van der Waals surface area contributed by atoms with Gasteiger partial charge in [-0.15, -0.1) is 0 Å². The van der Waals surface area contributed by atoms with Gasteiger partial charge in [0.1, 0.15) is 0 Å². The Kier molecular flexibility index (Phi) is 5.26. The van der Waals surface area contributed by atoms with Crippen LogP contribution in [0.5, 0.6) is 0 Å². The van der Waals surface area contributed by atoms with E-state index in [-0.39, 0.29) is 6.04 Å². The van der Waals surface area contributed by atoms with Gasteiger partial charge < -0.3 is 11.5 Å². The monoisotopic (exact) mass is 356 g/mol. The summed E-state index contributed by atoms with van der Waals surface area (Å²) in [5, 5.41) is 0. The second-order valence-electron chi connectivity index (χ2n) is 7.64. The molecule has 4 N–H and O–H groups in total. The summed E-state index contributed by atoms with van der Waals surface area (Å²) in [7, 11) is 0. The number of nitrogen functional groups attached to an aromatic ring is 1. The Morgan fingerprint density at radius 1 is 0.963 bits per heavy atom. The average molecular weight is 357 g/mol. The first-order valence-corrected chi connectivity index (χ1v) is 9.97. The Morgan fingerprint density at radius 3 is 2.44 bits per heavy atom. The van der Waals surface area contributed by atoms with Crippen molar-refractivity contribution in [2.75, 3.05) is 5.73 Å². The standard InChI is InChI=1S/C25H28N2/c26-24-9-5-4-8-23(24)25(27)22-16-14-21(15-17-22)20-12-10-19(11-13-20)18-6-2-1-3-7-18/h1-2,4-6,8-9,12,14-17,19,25H,3,7,10-11,13,26-27H2. The minimum absolute atomic E-state index is 0.184. The molecule has 0 saturated heterocycles. The van der Waals surface area contributed by atoms with Crippen LogP contribution in [0.2, 0.25) is 0 Å². The lowest BCUT2D eigenvalue weighted by Crippen LogP contribution is -2.14. The van der Waals surface area contributed by atoms with Crippen molar-refractivity contribution in [3.05, 3.63) is 95.1 Å². The molecule has 0 saturated carbocycles. The quantitative estimate of drug-likeness (QED) is 0.683. The molecule has 2 atom stereocenters. The number of hydrogen-bond acceptors (Lipinski definition) is 2. The number of para-hydroxylation sites is 1. The van der Waals surface area contributed by atoms with Crippen LogP contribution in [0.3, 0.4) is 0 Å². The zero-order valence-electron chi connectivity index (χ0n) is 15.8. The minimum atomic E-state index is -0.184. The Bertz CT molecular complexity index is 887. The highest BCUT2D eigenvalue weighted by Gasteiger charge is 2.19. The van der Waals surface area contributed by atoms with Gasteiger partial charge in [-0.3, -0.25) is 0 Å². The third-order valence-electron chi connectivity index (χ3n) is 5.95. The third kappa shape index (κ3) is 3.91. The second kappa shape index (κ2) is 7.98. The van der Waals surface area contributed by atoms with Crippen LogP contribution in [0.25, 0.3) is 5.57 Å². The van der Waals surface area contributed by atoms with Gasteiger partial charge in [0.05, 0.1) is 6.04 Å². The summed E-state index contributed by atoms with van der Waals surface area (Å²) < 4.78 is 0. The lowest BCUT2D eigenvalue weighted by Gasteiger charge is -2.25. The lowest BCUT2D eigenvalue weighted by molar-refractivity contribution is 0.539. The molecule has 27 heavy (non-hydrogen) atoms. The fourth-order valence-electron chi connectivity index (χ4n) is 4.27. The summed E-state index contributed by atoms with van der Waals surface area (Å²) >= 11 is 0. The number of rotatable bonds is 4. The molecule has 0 heterocycles. The van der Waals surface area contributed by atoms with Crippen molar-refractivity contribution in [3.63, 3.8) is 0 Å². The van der Waals surface area contributed by atoms with Crippen molar-refractivity contribution in [3.8, 4) is 0 Å². The summed E-state index contributed by atoms with van der Waals surface area (Å²) in [5.41, 5.74) is 19.8. The fraction of sp³-hybridized carbons (Fsp3) is 0.280. The molecule has 2 unspecified atom stereocenters. The number of anilines is 1. The minimum Gasteiger partial charge on any atom is -0.398 e. The van der Waals surface area contributed by atoms with Gasteiger partial charge in [-0.1, -0.05) is 72.3 Å². The Hall–Kier alpha value is -2.58. The van der Waals surface area contributed by atoms with E-state index in [2.05, 4.69) is 48.6 Å². The first kappa shape index (κ1) is 17.8. The molecule has 2 nitrogen and oxygen atoms in total. The zero-order chi connectivity index (χ0) is 18.6. The molecule has 0 radical (unpaired) electrons. The van der Waals surface area contributed by atoms with Crippen LogP contribution in [-0.4, -0.2) is 0 Å². The highest BCUT2D eigenvalue weighted by molar-refractivity contribution is 5.67. The van der Waals surface area contributed by atoms with E-state index in [1.807, 2.05) is 24.3 Å². The molecule has 0 aliphatic heterocycles. The summed E-state index contributed by atoms with van der Waals surface area (Å²) in [6, 6.07) is 16.4. The SMILES string of the molecule is Nc1ccccc1C(N)c1ccc(C2=CCC(C3=CC=CCC3)CC2)cc1.